The number of benzene rings is 1. The highest BCUT2D eigenvalue weighted by Gasteiger charge is 2.16. The predicted molar refractivity (Wildman–Crippen MR) is 61.6 cm³/mol. The van der Waals surface area contributed by atoms with Crippen molar-refractivity contribution in [2.24, 2.45) is 5.73 Å². The standard InChI is InChI=1S/C11H16ClNO2/c1-11(2,13)6-7-4-9(14)10(15-3)5-8(7)12/h4-5,14H,6,13H2,1-3H3. The highest BCUT2D eigenvalue weighted by molar-refractivity contribution is 6.31. The van der Waals surface area contributed by atoms with E-state index in [0.29, 0.717) is 17.2 Å². The van der Waals surface area contributed by atoms with Crippen LogP contribution in [0.2, 0.25) is 5.02 Å². The molecular formula is C11H16ClNO2. The fourth-order valence-corrected chi connectivity index (χ4v) is 1.60. The summed E-state index contributed by atoms with van der Waals surface area (Å²) in [7, 11) is 1.48. The summed E-state index contributed by atoms with van der Waals surface area (Å²) in [5, 5.41) is 10.1. The first-order valence-corrected chi connectivity index (χ1v) is 5.05. The molecule has 0 atom stereocenters. The molecule has 0 unspecified atom stereocenters. The monoisotopic (exact) mass is 229 g/mol. The van der Waals surface area contributed by atoms with E-state index in [4.69, 9.17) is 22.1 Å². The summed E-state index contributed by atoms with van der Waals surface area (Å²) in [5.41, 5.74) is 6.35. The number of hydrogen-bond donors (Lipinski definition) is 2. The number of methoxy groups -OCH3 is 1. The van der Waals surface area contributed by atoms with Gasteiger partial charge in [-0.2, -0.15) is 0 Å². The first kappa shape index (κ1) is 12.1. The van der Waals surface area contributed by atoms with Crippen molar-refractivity contribution in [2.45, 2.75) is 25.8 Å². The Morgan fingerprint density at radius 2 is 2.07 bits per heavy atom. The summed E-state index contributed by atoms with van der Waals surface area (Å²) in [6, 6.07) is 3.19. The molecule has 0 radical (unpaired) electrons. The molecule has 3 nitrogen and oxygen atoms in total. The number of ether oxygens (including phenoxy) is 1. The molecule has 1 aromatic rings. The molecule has 0 fully saturated rings. The lowest BCUT2D eigenvalue weighted by atomic mass is 9.96. The Bertz CT molecular complexity index is 358. The highest BCUT2D eigenvalue weighted by Crippen LogP contribution is 2.33. The van der Waals surface area contributed by atoms with Crippen molar-refractivity contribution in [1.29, 1.82) is 0 Å². The number of halogens is 1. The molecule has 0 spiro atoms. The molecule has 3 N–H and O–H groups in total. The van der Waals surface area contributed by atoms with Gasteiger partial charge in [-0.1, -0.05) is 11.6 Å². The van der Waals surface area contributed by atoms with Crippen molar-refractivity contribution in [1.82, 2.24) is 0 Å². The Labute approximate surface area is 94.8 Å². The fraction of sp³-hybridized carbons (Fsp3) is 0.455. The average Bonchev–Trinajstić information content (AvgIpc) is 2.08. The minimum absolute atomic E-state index is 0.0844. The quantitative estimate of drug-likeness (QED) is 0.837. The zero-order valence-electron chi connectivity index (χ0n) is 9.17. The van der Waals surface area contributed by atoms with E-state index in [1.54, 1.807) is 12.1 Å². The SMILES string of the molecule is COc1cc(Cl)c(CC(C)(C)N)cc1O. The van der Waals surface area contributed by atoms with Gasteiger partial charge in [0.15, 0.2) is 11.5 Å². The molecule has 0 aliphatic carbocycles. The predicted octanol–water partition coefficient (Wildman–Crippen LogP) is 2.33. The number of aromatic hydroxyl groups is 1. The minimum Gasteiger partial charge on any atom is -0.504 e. The Hall–Kier alpha value is -0.930. The van der Waals surface area contributed by atoms with Crippen molar-refractivity contribution in [3.8, 4) is 11.5 Å². The number of nitrogens with two attached hydrogens (primary N) is 1. The number of phenolic OH excluding ortho intramolecular Hbond substituents is 1. The van der Waals surface area contributed by atoms with Crippen LogP contribution in [0, 0.1) is 0 Å². The number of hydrogen-bond acceptors (Lipinski definition) is 3. The molecule has 0 saturated heterocycles. The lowest BCUT2D eigenvalue weighted by Gasteiger charge is -2.19. The minimum atomic E-state index is -0.356. The average molecular weight is 230 g/mol. The Kier molecular flexibility index (Phi) is 3.47. The van der Waals surface area contributed by atoms with Crippen LogP contribution in [-0.2, 0) is 6.42 Å². The second-order valence-corrected chi connectivity index (χ2v) is 4.69. The molecule has 0 aliphatic heterocycles. The molecule has 0 aliphatic rings. The first-order valence-electron chi connectivity index (χ1n) is 4.68. The highest BCUT2D eigenvalue weighted by atomic mass is 35.5. The van der Waals surface area contributed by atoms with E-state index in [1.165, 1.54) is 7.11 Å². The third-order valence-corrected chi connectivity index (χ3v) is 2.35. The van der Waals surface area contributed by atoms with Gasteiger partial charge in [-0.15, -0.1) is 0 Å². The number of phenols is 1. The van der Waals surface area contributed by atoms with Gasteiger partial charge >= 0.3 is 0 Å². The molecule has 0 heterocycles. The molecule has 0 bridgehead atoms. The smallest absolute Gasteiger partial charge is 0.161 e. The third kappa shape index (κ3) is 3.29. The second kappa shape index (κ2) is 4.29. The van der Waals surface area contributed by atoms with E-state index in [2.05, 4.69) is 0 Å². The van der Waals surface area contributed by atoms with Gasteiger partial charge in [-0.3, -0.25) is 0 Å². The van der Waals surface area contributed by atoms with Crippen molar-refractivity contribution in [2.75, 3.05) is 7.11 Å². The molecule has 0 aromatic heterocycles. The van der Waals surface area contributed by atoms with Crippen LogP contribution in [0.5, 0.6) is 11.5 Å². The molecule has 4 heteroatoms. The van der Waals surface area contributed by atoms with Gasteiger partial charge < -0.3 is 15.6 Å². The van der Waals surface area contributed by atoms with Crippen LogP contribution >= 0.6 is 11.6 Å². The van der Waals surface area contributed by atoms with Crippen LogP contribution in [0.3, 0.4) is 0 Å². The summed E-state index contributed by atoms with van der Waals surface area (Å²) >= 11 is 6.04. The summed E-state index contributed by atoms with van der Waals surface area (Å²) in [6.45, 7) is 3.81. The lowest BCUT2D eigenvalue weighted by molar-refractivity contribution is 0.372. The Morgan fingerprint density at radius 1 is 1.47 bits per heavy atom. The normalized spacial score (nSPS) is 11.5. The summed E-state index contributed by atoms with van der Waals surface area (Å²) in [5.74, 6) is 0.458. The third-order valence-electron chi connectivity index (χ3n) is 1.99. The van der Waals surface area contributed by atoms with E-state index in [1.807, 2.05) is 13.8 Å². The molecule has 1 aromatic carbocycles. The van der Waals surface area contributed by atoms with Crippen molar-refractivity contribution in [3.63, 3.8) is 0 Å². The Morgan fingerprint density at radius 3 is 2.53 bits per heavy atom. The van der Waals surface area contributed by atoms with Gasteiger partial charge in [0.1, 0.15) is 0 Å². The van der Waals surface area contributed by atoms with Crippen LogP contribution < -0.4 is 10.5 Å². The maximum Gasteiger partial charge on any atom is 0.161 e. The van der Waals surface area contributed by atoms with Crippen LogP contribution in [0.4, 0.5) is 0 Å². The maximum atomic E-state index is 9.59. The van der Waals surface area contributed by atoms with E-state index < -0.39 is 0 Å². The molecule has 0 amide bonds. The van der Waals surface area contributed by atoms with Crippen molar-refractivity contribution < 1.29 is 9.84 Å². The van der Waals surface area contributed by atoms with E-state index >= 15 is 0 Å². The summed E-state index contributed by atoms with van der Waals surface area (Å²) in [4.78, 5) is 0. The van der Waals surface area contributed by atoms with E-state index in [9.17, 15) is 5.11 Å². The van der Waals surface area contributed by atoms with Gasteiger partial charge in [0.2, 0.25) is 0 Å². The molecule has 84 valence electrons. The van der Waals surface area contributed by atoms with Crippen molar-refractivity contribution in [3.05, 3.63) is 22.7 Å². The van der Waals surface area contributed by atoms with Gasteiger partial charge in [-0.05, 0) is 31.9 Å². The van der Waals surface area contributed by atoms with Crippen molar-refractivity contribution >= 4 is 11.6 Å². The maximum absolute atomic E-state index is 9.59. The fourth-order valence-electron chi connectivity index (χ4n) is 1.38. The Balaban J connectivity index is 3.05. The lowest BCUT2D eigenvalue weighted by Crippen LogP contribution is -2.34. The molecule has 0 saturated carbocycles. The second-order valence-electron chi connectivity index (χ2n) is 4.28. The number of rotatable bonds is 3. The largest absolute Gasteiger partial charge is 0.504 e. The molecule has 1 rings (SSSR count). The van der Waals surface area contributed by atoms with Crippen LogP contribution in [0.15, 0.2) is 12.1 Å². The molecular weight excluding hydrogens is 214 g/mol. The first-order chi connectivity index (χ1) is 6.83. The van der Waals surface area contributed by atoms with Gasteiger partial charge in [0.05, 0.1) is 7.11 Å². The topological polar surface area (TPSA) is 55.5 Å². The van der Waals surface area contributed by atoms with E-state index in [-0.39, 0.29) is 11.3 Å². The van der Waals surface area contributed by atoms with E-state index in [0.717, 1.165) is 5.56 Å². The van der Waals surface area contributed by atoms with Crippen LogP contribution in [0.25, 0.3) is 0 Å². The van der Waals surface area contributed by atoms with Crippen LogP contribution in [-0.4, -0.2) is 17.8 Å². The summed E-state index contributed by atoms with van der Waals surface area (Å²) in [6.07, 6.45) is 0.601. The zero-order valence-corrected chi connectivity index (χ0v) is 9.93. The molecule has 15 heavy (non-hydrogen) atoms. The van der Waals surface area contributed by atoms with Gasteiger partial charge in [0.25, 0.3) is 0 Å². The van der Waals surface area contributed by atoms with Gasteiger partial charge in [-0.25, -0.2) is 0 Å². The summed E-state index contributed by atoms with van der Waals surface area (Å²) < 4.78 is 4.95. The van der Waals surface area contributed by atoms with Crippen LogP contribution in [0.1, 0.15) is 19.4 Å². The van der Waals surface area contributed by atoms with Gasteiger partial charge in [0, 0.05) is 16.6 Å². The zero-order chi connectivity index (χ0) is 11.6.